The molecular weight excluding hydrogens is 448 g/mol. The topological polar surface area (TPSA) is 51.0 Å². The number of Topliss-reactive ketones (excluding diaryl/α,β-unsaturated/α-hetero) is 1. The predicted molar refractivity (Wildman–Crippen MR) is 141 cm³/mol. The fourth-order valence-corrected chi connectivity index (χ4v) is 4.40. The Morgan fingerprint density at radius 2 is 1.33 bits per heavy atom. The van der Waals surface area contributed by atoms with E-state index >= 15 is 0 Å². The Morgan fingerprint density at radius 3 is 1.92 bits per heavy atom. The normalized spacial score (nSPS) is 10.8. The molecule has 5 rings (SSSR count). The lowest BCUT2D eigenvalue weighted by atomic mass is 10.0. The van der Waals surface area contributed by atoms with Crippen LogP contribution in [0.5, 0.6) is 5.75 Å². The summed E-state index contributed by atoms with van der Waals surface area (Å²) in [5, 5.41) is 0. The zero-order valence-electron chi connectivity index (χ0n) is 20.0. The third-order valence-electron chi connectivity index (χ3n) is 6.21. The van der Waals surface area contributed by atoms with E-state index in [9.17, 15) is 9.59 Å². The van der Waals surface area contributed by atoms with Crippen LogP contribution in [-0.4, -0.2) is 28.1 Å². The monoisotopic (exact) mass is 474 g/mol. The molecule has 3 aromatic carbocycles. The van der Waals surface area contributed by atoms with Gasteiger partial charge in [0, 0.05) is 30.4 Å². The SMILES string of the molecule is COc1ccc(-c2cc3ccccn3c2C(=O)C(=O)N(Cc2ccccc2)Cc2ccccc2)cc1. The number of rotatable bonds is 8. The first-order valence-corrected chi connectivity index (χ1v) is 11.8. The molecular formula is C31H26N2O3. The molecule has 36 heavy (non-hydrogen) atoms. The number of hydrogen-bond donors (Lipinski definition) is 0. The van der Waals surface area contributed by atoms with Gasteiger partial charge in [0.25, 0.3) is 11.7 Å². The van der Waals surface area contributed by atoms with E-state index in [2.05, 4.69) is 0 Å². The average Bonchev–Trinajstić information content (AvgIpc) is 3.33. The molecule has 5 aromatic rings. The van der Waals surface area contributed by atoms with E-state index in [1.54, 1.807) is 16.4 Å². The minimum absolute atomic E-state index is 0.335. The first-order chi connectivity index (χ1) is 17.6. The minimum atomic E-state index is -0.543. The fraction of sp³-hybridized carbons (Fsp3) is 0.0968. The number of aromatic nitrogens is 1. The summed E-state index contributed by atoms with van der Waals surface area (Å²) in [5.74, 6) is -0.358. The molecule has 1 amide bonds. The van der Waals surface area contributed by atoms with E-state index in [0.717, 1.165) is 28.0 Å². The number of ketones is 1. The van der Waals surface area contributed by atoms with E-state index in [1.165, 1.54) is 0 Å². The van der Waals surface area contributed by atoms with Gasteiger partial charge in [-0.05, 0) is 47.0 Å². The average molecular weight is 475 g/mol. The van der Waals surface area contributed by atoms with Crippen LogP contribution in [0.15, 0.2) is 115 Å². The summed E-state index contributed by atoms with van der Waals surface area (Å²) >= 11 is 0. The molecule has 0 bridgehead atoms. The van der Waals surface area contributed by atoms with Gasteiger partial charge >= 0.3 is 0 Å². The van der Waals surface area contributed by atoms with Gasteiger partial charge in [-0.25, -0.2) is 0 Å². The van der Waals surface area contributed by atoms with Crippen molar-refractivity contribution in [2.75, 3.05) is 7.11 Å². The molecule has 178 valence electrons. The lowest BCUT2D eigenvalue weighted by Gasteiger charge is -2.23. The van der Waals surface area contributed by atoms with Gasteiger partial charge < -0.3 is 14.0 Å². The third kappa shape index (κ3) is 4.77. The second kappa shape index (κ2) is 10.3. The molecule has 0 aliphatic heterocycles. The van der Waals surface area contributed by atoms with Gasteiger partial charge in [0.2, 0.25) is 0 Å². The Morgan fingerprint density at radius 1 is 0.750 bits per heavy atom. The molecule has 0 saturated heterocycles. The number of hydrogen-bond acceptors (Lipinski definition) is 3. The number of methoxy groups -OCH3 is 1. The number of pyridine rings is 1. The van der Waals surface area contributed by atoms with Crippen LogP contribution in [0.1, 0.15) is 21.6 Å². The number of ether oxygens (including phenoxy) is 1. The quantitative estimate of drug-likeness (QED) is 0.204. The molecule has 0 aliphatic rings. The van der Waals surface area contributed by atoms with Gasteiger partial charge in [0.1, 0.15) is 11.4 Å². The molecule has 5 nitrogen and oxygen atoms in total. The van der Waals surface area contributed by atoms with Crippen molar-refractivity contribution in [1.82, 2.24) is 9.30 Å². The summed E-state index contributed by atoms with van der Waals surface area (Å²) in [6, 6.07) is 34.6. The molecule has 0 atom stereocenters. The first kappa shape index (κ1) is 23.1. The number of carbonyl (C=O) groups excluding carboxylic acids is 2. The molecule has 2 heterocycles. The molecule has 5 heteroatoms. The summed E-state index contributed by atoms with van der Waals surface area (Å²) < 4.78 is 7.09. The van der Waals surface area contributed by atoms with Crippen molar-refractivity contribution in [1.29, 1.82) is 0 Å². The summed E-state index contributed by atoms with van der Waals surface area (Å²) in [7, 11) is 1.61. The summed E-state index contributed by atoms with van der Waals surface area (Å²) in [4.78, 5) is 29.4. The fourth-order valence-electron chi connectivity index (χ4n) is 4.40. The molecule has 0 fully saturated rings. The van der Waals surface area contributed by atoms with E-state index < -0.39 is 11.7 Å². The van der Waals surface area contributed by atoms with Crippen LogP contribution in [-0.2, 0) is 17.9 Å². The van der Waals surface area contributed by atoms with Crippen LogP contribution in [0.4, 0.5) is 0 Å². The largest absolute Gasteiger partial charge is 0.497 e. The number of amides is 1. The van der Waals surface area contributed by atoms with Crippen molar-refractivity contribution in [3.63, 3.8) is 0 Å². The highest BCUT2D eigenvalue weighted by molar-refractivity contribution is 6.43. The van der Waals surface area contributed by atoms with E-state index in [-0.39, 0.29) is 0 Å². The Labute approximate surface area is 210 Å². The maximum Gasteiger partial charge on any atom is 0.297 e. The highest BCUT2D eigenvalue weighted by Gasteiger charge is 2.29. The Balaban J connectivity index is 1.56. The van der Waals surface area contributed by atoms with Crippen molar-refractivity contribution in [3.05, 3.63) is 132 Å². The standard InChI is InChI=1S/C31H26N2O3/c1-36-27-17-15-25(16-18-27)28-20-26-14-8-9-19-33(26)29(28)30(34)31(35)32(21-23-10-4-2-5-11-23)22-24-12-6-3-7-13-24/h2-20H,21-22H2,1H3. The number of fused-ring (bicyclic) bond motifs is 1. The number of carbonyl (C=O) groups is 2. The van der Waals surface area contributed by atoms with Gasteiger partial charge in [-0.2, -0.15) is 0 Å². The van der Waals surface area contributed by atoms with E-state index in [4.69, 9.17) is 4.74 Å². The van der Waals surface area contributed by atoms with E-state index in [0.29, 0.717) is 24.3 Å². The maximum absolute atomic E-state index is 13.9. The second-order valence-corrected chi connectivity index (χ2v) is 8.59. The molecule has 0 unspecified atom stereocenters. The Kier molecular flexibility index (Phi) is 6.63. The molecule has 0 aliphatic carbocycles. The van der Waals surface area contributed by atoms with Crippen LogP contribution in [0.25, 0.3) is 16.6 Å². The molecule has 0 radical (unpaired) electrons. The van der Waals surface area contributed by atoms with Gasteiger partial charge in [-0.15, -0.1) is 0 Å². The Bertz CT molecular complexity index is 1450. The second-order valence-electron chi connectivity index (χ2n) is 8.59. The summed E-state index contributed by atoms with van der Waals surface area (Å²) in [6.45, 7) is 0.670. The summed E-state index contributed by atoms with van der Waals surface area (Å²) in [6.07, 6.45) is 1.82. The molecule has 2 aromatic heterocycles. The zero-order chi connectivity index (χ0) is 24.9. The maximum atomic E-state index is 13.9. The van der Waals surface area contributed by atoms with Crippen molar-refractivity contribution < 1.29 is 14.3 Å². The Hall–Kier alpha value is -4.64. The molecule has 0 saturated carbocycles. The summed E-state index contributed by atoms with van der Waals surface area (Å²) in [5.41, 5.74) is 4.67. The third-order valence-corrected chi connectivity index (χ3v) is 6.21. The number of nitrogens with zero attached hydrogens (tertiary/aromatic N) is 2. The van der Waals surface area contributed by atoms with Gasteiger partial charge in [0.15, 0.2) is 0 Å². The van der Waals surface area contributed by atoms with E-state index in [1.807, 2.05) is 115 Å². The van der Waals surface area contributed by atoms with Crippen molar-refractivity contribution in [2.45, 2.75) is 13.1 Å². The van der Waals surface area contributed by atoms with Crippen LogP contribution in [0.3, 0.4) is 0 Å². The highest BCUT2D eigenvalue weighted by atomic mass is 16.5. The lowest BCUT2D eigenvalue weighted by Crippen LogP contribution is -2.36. The lowest BCUT2D eigenvalue weighted by molar-refractivity contribution is -0.127. The first-order valence-electron chi connectivity index (χ1n) is 11.8. The highest BCUT2D eigenvalue weighted by Crippen LogP contribution is 2.30. The van der Waals surface area contributed by atoms with Gasteiger partial charge in [0.05, 0.1) is 7.11 Å². The molecule has 0 N–H and O–H groups in total. The zero-order valence-corrected chi connectivity index (χ0v) is 20.0. The minimum Gasteiger partial charge on any atom is -0.497 e. The van der Waals surface area contributed by atoms with Crippen LogP contribution >= 0.6 is 0 Å². The molecule has 0 spiro atoms. The van der Waals surface area contributed by atoms with Crippen molar-refractivity contribution in [2.24, 2.45) is 0 Å². The van der Waals surface area contributed by atoms with Crippen LogP contribution in [0, 0.1) is 0 Å². The van der Waals surface area contributed by atoms with Crippen molar-refractivity contribution >= 4 is 17.2 Å². The predicted octanol–water partition coefficient (Wildman–Crippen LogP) is 6.03. The van der Waals surface area contributed by atoms with Gasteiger partial charge in [-0.1, -0.05) is 78.9 Å². The van der Waals surface area contributed by atoms with Crippen LogP contribution in [0.2, 0.25) is 0 Å². The smallest absolute Gasteiger partial charge is 0.297 e. The van der Waals surface area contributed by atoms with Crippen LogP contribution < -0.4 is 4.74 Å². The number of benzene rings is 3. The van der Waals surface area contributed by atoms with Gasteiger partial charge in [-0.3, -0.25) is 9.59 Å². The van der Waals surface area contributed by atoms with Crippen molar-refractivity contribution in [3.8, 4) is 16.9 Å².